The van der Waals surface area contributed by atoms with Gasteiger partial charge in [0.05, 0.1) is 5.52 Å². The third-order valence-electron chi connectivity index (χ3n) is 3.79. The van der Waals surface area contributed by atoms with Crippen LogP contribution in [0, 0.1) is 0 Å². The van der Waals surface area contributed by atoms with Crippen molar-refractivity contribution in [3.63, 3.8) is 0 Å². The second-order valence-corrected chi connectivity index (χ2v) is 4.93. The molecule has 0 atom stereocenters. The molecule has 20 heavy (non-hydrogen) atoms. The lowest BCUT2D eigenvalue weighted by Gasteiger charge is -2.05. The van der Waals surface area contributed by atoms with Gasteiger partial charge in [0, 0.05) is 27.2 Å². The molecular formula is C17H12N2O. The average molecular weight is 260 g/mol. The zero-order valence-electron chi connectivity index (χ0n) is 10.7. The fraction of sp³-hybridized carbons (Fsp3) is 0. The maximum absolute atomic E-state index is 11.7. The van der Waals surface area contributed by atoms with Gasteiger partial charge in [-0.1, -0.05) is 42.5 Å². The Morgan fingerprint density at radius 3 is 2.25 bits per heavy atom. The quantitative estimate of drug-likeness (QED) is 0.540. The summed E-state index contributed by atoms with van der Waals surface area (Å²) in [6, 6.07) is 17.8. The minimum Gasteiger partial charge on any atom is -0.366 e. The first-order chi connectivity index (χ1) is 9.75. The second-order valence-electron chi connectivity index (χ2n) is 4.93. The molecule has 0 spiro atoms. The Morgan fingerprint density at radius 2 is 1.50 bits per heavy atom. The topological polar surface area (TPSA) is 58.9 Å². The van der Waals surface area contributed by atoms with Crippen LogP contribution in [0.15, 0.2) is 54.6 Å². The molecule has 0 bridgehead atoms. The van der Waals surface area contributed by atoms with Crippen molar-refractivity contribution in [2.75, 3.05) is 0 Å². The van der Waals surface area contributed by atoms with Gasteiger partial charge in [0.25, 0.3) is 0 Å². The molecule has 0 aliphatic rings. The van der Waals surface area contributed by atoms with E-state index >= 15 is 0 Å². The summed E-state index contributed by atoms with van der Waals surface area (Å²) in [5.74, 6) is -0.395. The Hall–Kier alpha value is -2.81. The van der Waals surface area contributed by atoms with E-state index in [4.69, 9.17) is 5.73 Å². The maximum atomic E-state index is 11.7. The summed E-state index contributed by atoms with van der Waals surface area (Å²) >= 11 is 0. The highest BCUT2D eigenvalue weighted by molar-refractivity contribution is 6.22. The molecule has 0 aliphatic carbocycles. The number of amides is 1. The van der Waals surface area contributed by atoms with E-state index in [-0.39, 0.29) is 0 Å². The number of benzene rings is 3. The van der Waals surface area contributed by atoms with E-state index < -0.39 is 5.91 Å². The minimum atomic E-state index is -0.395. The first-order valence-corrected chi connectivity index (χ1v) is 6.47. The number of H-pyrrole nitrogens is 1. The highest BCUT2D eigenvalue weighted by atomic mass is 16.1. The van der Waals surface area contributed by atoms with Gasteiger partial charge in [-0.15, -0.1) is 0 Å². The molecule has 1 amide bonds. The third-order valence-corrected chi connectivity index (χ3v) is 3.79. The first kappa shape index (κ1) is 11.1. The van der Waals surface area contributed by atoms with E-state index in [9.17, 15) is 4.79 Å². The van der Waals surface area contributed by atoms with Crippen molar-refractivity contribution < 1.29 is 4.79 Å². The van der Waals surface area contributed by atoms with E-state index in [1.807, 2.05) is 54.6 Å². The van der Waals surface area contributed by atoms with Crippen LogP contribution in [-0.2, 0) is 0 Å². The number of carbonyl (C=O) groups is 1. The average Bonchev–Trinajstić information content (AvgIpc) is 2.85. The molecule has 3 aromatic carbocycles. The predicted molar refractivity (Wildman–Crippen MR) is 81.8 cm³/mol. The van der Waals surface area contributed by atoms with Gasteiger partial charge in [-0.3, -0.25) is 4.79 Å². The normalized spacial score (nSPS) is 11.4. The van der Waals surface area contributed by atoms with Crippen molar-refractivity contribution in [1.29, 1.82) is 0 Å². The molecule has 3 nitrogen and oxygen atoms in total. The number of primary amides is 1. The van der Waals surface area contributed by atoms with Crippen LogP contribution < -0.4 is 5.73 Å². The Kier molecular flexibility index (Phi) is 2.12. The molecule has 0 saturated heterocycles. The van der Waals surface area contributed by atoms with Crippen molar-refractivity contribution in [3.8, 4) is 0 Å². The highest BCUT2D eigenvalue weighted by Gasteiger charge is 2.13. The highest BCUT2D eigenvalue weighted by Crippen LogP contribution is 2.33. The van der Waals surface area contributed by atoms with Crippen LogP contribution in [0.3, 0.4) is 0 Å². The molecule has 0 radical (unpaired) electrons. The summed E-state index contributed by atoms with van der Waals surface area (Å²) < 4.78 is 0. The van der Waals surface area contributed by atoms with Gasteiger partial charge in [-0.2, -0.15) is 0 Å². The summed E-state index contributed by atoms with van der Waals surface area (Å²) in [6.45, 7) is 0. The number of hydrogen-bond acceptors (Lipinski definition) is 1. The number of hydrogen-bond donors (Lipinski definition) is 2. The number of fused-ring (bicyclic) bond motifs is 5. The van der Waals surface area contributed by atoms with Crippen LogP contribution in [0.4, 0.5) is 0 Å². The van der Waals surface area contributed by atoms with Gasteiger partial charge in [-0.05, 0) is 17.5 Å². The number of rotatable bonds is 1. The fourth-order valence-electron chi connectivity index (χ4n) is 2.89. The van der Waals surface area contributed by atoms with Gasteiger partial charge in [0.15, 0.2) is 0 Å². The van der Waals surface area contributed by atoms with Gasteiger partial charge < -0.3 is 10.7 Å². The van der Waals surface area contributed by atoms with Crippen LogP contribution in [0.25, 0.3) is 32.6 Å². The third kappa shape index (κ3) is 1.37. The van der Waals surface area contributed by atoms with E-state index in [1.165, 1.54) is 0 Å². The molecule has 0 unspecified atom stereocenters. The van der Waals surface area contributed by atoms with Gasteiger partial charge >= 0.3 is 0 Å². The number of carbonyl (C=O) groups excluding carboxylic acids is 1. The van der Waals surface area contributed by atoms with Crippen molar-refractivity contribution in [2.45, 2.75) is 0 Å². The van der Waals surface area contributed by atoms with Gasteiger partial charge in [0.1, 0.15) is 0 Å². The van der Waals surface area contributed by atoms with E-state index in [1.54, 1.807) is 0 Å². The molecule has 3 N–H and O–H groups in total. The van der Waals surface area contributed by atoms with E-state index in [2.05, 4.69) is 4.98 Å². The largest absolute Gasteiger partial charge is 0.366 e. The van der Waals surface area contributed by atoms with Crippen molar-refractivity contribution in [1.82, 2.24) is 4.98 Å². The Balaban J connectivity index is 2.33. The summed E-state index contributed by atoms with van der Waals surface area (Å²) in [5, 5.41) is 4.05. The summed E-state index contributed by atoms with van der Waals surface area (Å²) in [7, 11) is 0. The SMILES string of the molecule is NC(=O)c1cc2c3ccccc3[nH]c2c2ccccc12. The molecule has 96 valence electrons. The van der Waals surface area contributed by atoms with Crippen LogP contribution in [-0.4, -0.2) is 10.9 Å². The Bertz CT molecular complexity index is 982. The zero-order valence-corrected chi connectivity index (χ0v) is 10.7. The number of nitrogens with two attached hydrogens (primary N) is 1. The minimum absolute atomic E-state index is 0.395. The molecule has 4 aromatic rings. The van der Waals surface area contributed by atoms with Gasteiger partial charge in [-0.25, -0.2) is 0 Å². The lowest BCUT2D eigenvalue weighted by molar-refractivity contribution is 0.100. The van der Waals surface area contributed by atoms with Crippen LogP contribution in [0.2, 0.25) is 0 Å². The van der Waals surface area contributed by atoms with E-state index in [0.717, 1.165) is 32.6 Å². The second kappa shape index (κ2) is 3.84. The Labute approximate surface area is 115 Å². The van der Waals surface area contributed by atoms with Crippen molar-refractivity contribution in [3.05, 3.63) is 60.2 Å². The fourth-order valence-corrected chi connectivity index (χ4v) is 2.89. The zero-order chi connectivity index (χ0) is 13.7. The smallest absolute Gasteiger partial charge is 0.249 e. The molecule has 1 aromatic heterocycles. The number of aromatic amines is 1. The molecule has 3 heteroatoms. The van der Waals surface area contributed by atoms with Crippen molar-refractivity contribution in [2.24, 2.45) is 5.73 Å². The number of aromatic nitrogens is 1. The Morgan fingerprint density at radius 1 is 0.850 bits per heavy atom. The monoisotopic (exact) mass is 260 g/mol. The van der Waals surface area contributed by atoms with Crippen LogP contribution >= 0.6 is 0 Å². The van der Waals surface area contributed by atoms with Gasteiger partial charge in [0.2, 0.25) is 5.91 Å². The maximum Gasteiger partial charge on any atom is 0.249 e. The lowest BCUT2D eigenvalue weighted by atomic mass is 10.00. The first-order valence-electron chi connectivity index (χ1n) is 6.47. The standard InChI is InChI=1S/C17H12N2O/c18-17(20)14-9-13-11-6-3-4-8-15(11)19-16(13)12-7-2-1-5-10(12)14/h1-9,19H,(H2,18,20). The summed E-state index contributed by atoms with van der Waals surface area (Å²) in [4.78, 5) is 15.2. The summed E-state index contributed by atoms with van der Waals surface area (Å²) in [5.41, 5.74) is 8.21. The van der Waals surface area contributed by atoms with E-state index in [0.29, 0.717) is 5.56 Å². The van der Waals surface area contributed by atoms with Crippen molar-refractivity contribution >= 4 is 38.5 Å². The molecule has 1 heterocycles. The molecule has 0 fully saturated rings. The number of para-hydroxylation sites is 1. The molecular weight excluding hydrogens is 248 g/mol. The molecule has 0 aliphatic heterocycles. The number of nitrogens with one attached hydrogen (secondary N) is 1. The molecule has 4 rings (SSSR count). The molecule has 0 saturated carbocycles. The van der Waals surface area contributed by atoms with Crippen LogP contribution in [0.5, 0.6) is 0 Å². The summed E-state index contributed by atoms with van der Waals surface area (Å²) in [6.07, 6.45) is 0. The van der Waals surface area contributed by atoms with Crippen LogP contribution in [0.1, 0.15) is 10.4 Å². The predicted octanol–water partition coefficient (Wildman–Crippen LogP) is 3.57. The lowest BCUT2D eigenvalue weighted by Crippen LogP contribution is -2.11.